The highest BCUT2D eigenvalue weighted by Crippen LogP contribution is 2.51. The topological polar surface area (TPSA) is 59.8 Å². The van der Waals surface area contributed by atoms with Crippen LogP contribution in [0.4, 0.5) is 18.0 Å². The molecule has 0 bridgehead atoms. The van der Waals surface area contributed by atoms with Crippen LogP contribution >= 0.6 is 11.8 Å². The van der Waals surface area contributed by atoms with Gasteiger partial charge in [-0.25, -0.2) is 9.78 Å². The third kappa shape index (κ3) is 2.95. The molecule has 4 rings (SSSR count). The summed E-state index contributed by atoms with van der Waals surface area (Å²) in [6, 6.07) is 13.7. The zero-order valence-corrected chi connectivity index (χ0v) is 15.5. The van der Waals surface area contributed by atoms with Gasteiger partial charge in [-0.15, -0.1) is 5.10 Å². The fourth-order valence-corrected chi connectivity index (χ4v) is 4.09. The van der Waals surface area contributed by atoms with Gasteiger partial charge in [-0.2, -0.15) is 17.9 Å². The Hall–Kier alpha value is -2.81. The van der Waals surface area contributed by atoms with Crippen molar-refractivity contribution < 1.29 is 18.0 Å². The van der Waals surface area contributed by atoms with E-state index in [0.29, 0.717) is 17.3 Å². The first kappa shape index (κ1) is 18.5. The average molecular weight is 404 g/mol. The number of aryl methyl sites for hydroxylation is 1. The molecule has 0 unspecified atom stereocenters. The van der Waals surface area contributed by atoms with Crippen molar-refractivity contribution in [1.29, 1.82) is 0 Å². The molecule has 0 saturated heterocycles. The lowest BCUT2D eigenvalue weighted by molar-refractivity contribution is -0.168. The first-order valence-electron chi connectivity index (χ1n) is 8.54. The zero-order chi connectivity index (χ0) is 19.9. The highest BCUT2D eigenvalue weighted by molar-refractivity contribution is 8.00. The number of hydrogen-bond donors (Lipinski definition) is 1. The largest absolute Gasteiger partial charge is 0.425 e. The molecule has 1 amide bonds. The van der Waals surface area contributed by atoms with Gasteiger partial charge in [0.2, 0.25) is 4.87 Å². The van der Waals surface area contributed by atoms with E-state index in [9.17, 15) is 18.0 Å². The molecule has 5 nitrogen and oxygen atoms in total. The number of carbonyl (C=O) groups is 1. The second kappa shape index (κ2) is 6.66. The Balaban J connectivity index is 1.79. The quantitative estimate of drug-likeness (QED) is 0.694. The maximum atomic E-state index is 14.1. The van der Waals surface area contributed by atoms with Crippen molar-refractivity contribution >= 4 is 17.8 Å². The van der Waals surface area contributed by atoms with Gasteiger partial charge in [-0.1, -0.05) is 61.5 Å². The molecule has 1 atom stereocenters. The Morgan fingerprint density at radius 1 is 1.11 bits per heavy atom. The second-order valence-electron chi connectivity index (χ2n) is 6.26. The van der Waals surface area contributed by atoms with Gasteiger partial charge in [0.25, 0.3) is 0 Å². The van der Waals surface area contributed by atoms with E-state index in [1.54, 1.807) is 18.2 Å². The second-order valence-corrected chi connectivity index (χ2v) is 7.44. The molecule has 3 aromatic rings. The van der Waals surface area contributed by atoms with Crippen LogP contribution in [0.2, 0.25) is 0 Å². The summed E-state index contributed by atoms with van der Waals surface area (Å²) in [6.07, 6.45) is -3.88. The van der Waals surface area contributed by atoms with Crippen LogP contribution in [0.1, 0.15) is 18.1 Å². The molecule has 0 saturated carbocycles. The highest BCUT2D eigenvalue weighted by Gasteiger charge is 2.61. The molecule has 0 fully saturated rings. The van der Waals surface area contributed by atoms with Gasteiger partial charge in [0.1, 0.15) is 0 Å². The van der Waals surface area contributed by atoms with Crippen LogP contribution in [0, 0.1) is 0 Å². The predicted octanol–water partition coefficient (Wildman–Crippen LogP) is 4.59. The number of thioether (sulfide) groups is 1. The Morgan fingerprint density at radius 3 is 2.39 bits per heavy atom. The van der Waals surface area contributed by atoms with E-state index in [0.717, 1.165) is 16.7 Å². The van der Waals surface area contributed by atoms with Crippen LogP contribution in [0.3, 0.4) is 0 Å². The maximum absolute atomic E-state index is 14.1. The Labute approximate surface area is 163 Å². The summed E-state index contributed by atoms with van der Waals surface area (Å²) in [7, 11) is 0. The summed E-state index contributed by atoms with van der Waals surface area (Å²) >= 11 is 0.424. The van der Waals surface area contributed by atoms with Gasteiger partial charge >= 0.3 is 12.2 Å². The molecule has 0 radical (unpaired) electrons. The van der Waals surface area contributed by atoms with Gasteiger partial charge < -0.3 is 5.32 Å². The van der Waals surface area contributed by atoms with E-state index < -0.39 is 17.1 Å². The number of aromatic nitrogens is 3. The molecule has 144 valence electrons. The van der Waals surface area contributed by atoms with Crippen molar-refractivity contribution in [3.63, 3.8) is 0 Å². The van der Waals surface area contributed by atoms with Crippen LogP contribution in [0.25, 0.3) is 11.4 Å². The van der Waals surface area contributed by atoms with Crippen molar-refractivity contribution in [2.24, 2.45) is 0 Å². The SMILES string of the molecule is CCc1ccc(-c2nc3n(n2)C(=O)N[C@](c2ccccc2)(C(F)(F)F)S3)cc1. The van der Waals surface area contributed by atoms with Crippen molar-refractivity contribution in [2.75, 3.05) is 0 Å². The number of nitrogens with zero attached hydrogens (tertiary/aromatic N) is 3. The smallest absolute Gasteiger partial charge is 0.309 e. The molecule has 1 aliphatic rings. The lowest BCUT2D eigenvalue weighted by Crippen LogP contribution is -2.57. The summed E-state index contributed by atoms with van der Waals surface area (Å²) in [4.78, 5) is 14.1. The van der Waals surface area contributed by atoms with E-state index in [1.807, 2.05) is 19.1 Å². The minimum atomic E-state index is -4.74. The van der Waals surface area contributed by atoms with Crippen LogP contribution in [-0.2, 0) is 11.3 Å². The third-order valence-corrected chi connectivity index (χ3v) is 5.82. The molecule has 2 heterocycles. The minimum absolute atomic E-state index is 0.0797. The summed E-state index contributed by atoms with van der Waals surface area (Å²) < 4.78 is 43.1. The number of rotatable bonds is 3. The van der Waals surface area contributed by atoms with E-state index in [2.05, 4.69) is 15.4 Å². The summed E-state index contributed by atoms with van der Waals surface area (Å²) in [5, 5.41) is 6.08. The van der Waals surface area contributed by atoms with Crippen LogP contribution < -0.4 is 5.32 Å². The first-order chi connectivity index (χ1) is 13.3. The molecule has 1 aromatic heterocycles. The summed E-state index contributed by atoms with van der Waals surface area (Å²) in [6.45, 7) is 2.02. The molecular weight excluding hydrogens is 389 g/mol. The molecule has 0 aliphatic carbocycles. The molecule has 28 heavy (non-hydrogen) atoms. The molecular formula is C19H15F3N4OS. The number of halogens is 3. The number of nitrogens with one attached hydrogen (secondary N) is 1. The van der Waals surface area contributed by atoms with Gasteiger partial charge in [0.05, 0.1) is 0 Å². The number of fused-ring (bicyclic) bond motifs is 1. The van der Waals surface area contributed by atoms with Crippen LogP contribution in [-0.4, -0.2) is 27.0 Å². The fraction of sp³-hybridized carbons (Fsp3) is 0.211. The Morgan fingerprint density at radius 2 is 1.79 bits per heavy atom. The van der Waals surface area contributed by atoms with Gasteiger partial charge in [-0.05, 0) is 29.3 Å². The number of alkyl halides is 3. The standard InChI is InChI=1S/C19H15F3N4OS/c1-2-12-8-10-13(11-9-12)15-23-17-26(25-15)16(27)24-18(28-17,19(20,21)22)14-6-4-3-5-7-14/h3-11H,2H2,1H3,(H,24,27)/t18-/m0/s1. The maximum Gasteiger partial charge on any atom is 0.425 e. The third-order valence-electron chi connectivity index (χ3n) is 4.50. The summed E-state index contributed by atoms with van der Waals surface area (Å²) in [5.74, 6) is 0.200. The zero-order valence-electron chi connectivity index (χ0n) is 14.7. The van der Waals surface area contributed by atoms with E-state index >= 15 is 0 Å². The Kier molecular flexibility index (Phi) is 4.41. The molecule has 1 N–H and O–H groups in total. The number of hydrogen-bond acceptors (Lipinski definition) is 4. The van der Waals surface area contributed by atoms with E-state index in [4.69, 9.17) is 0 Å². The van der Waals surface area contributed by atoms with Gasteiger partial charge in [-0.3, -0.25) is 0 Å². The van der Waals surface area contributed by atoms with Crippen LogP contribution in [0.5, 0.6) is 0 Å². The van der Waals surface area contributed by atoms with Gasteiger partial charge in [0.15, 0.2) is 11.0 Å². The average Bonchev–Trinajstić information content (AvgIpc) is 3.12. The number of amides is 1. The minimum Gasteiger partial charge on any atom is -0.309 e. The predicted molar refractivity (Wildman–Crippen MR) is 98.8 cm³/mol. The molecule has 1 aliphatic heterocycles. The monoisotopic (exact) mass is 404 g/mol. The van der Waals surface area contributed by atoms with Crippen molar-refractivity contribution in [1.82, 2.24) is 20.1 Å². The van der Waals surface area contributed by atoms with E-state index in [-0.39, 0.29) is 16.5 Å². The first-order valence-corrected chi connectivity index (χ1v) is 9.36. The normalized spacial score (nSPS) is 19.2. The molecule has 0 spiro atoms. The van der Waals surface area contributed by atoms with Crippen LogP contribution in [0.15, 0.2) is 59.8 Å². The molecule has 2 aromatic carbocycles. The summed E-state index contributed by atoms with van der Waals surface area (Å²) in [5.41, 5.74) is 1.66. The van der Waals surface area contributed by atoms with Gasteiger partial charge in [0, 0.05) is 5.56 Å². The molecule has 9 heteroatoms. The lowest BCUT2D eigenvalue weighted by Gasteiger charge is -2.37. The lowest BCUT2D eigenvalue weighted by atomic mass is 10.1. The van der Waals surface area contributed by atoms with Crippen molar-refractivity contribution in [3.05, 3.63) is 65.7 Å². The number of carbonyl (C=O) groups excluding carboxylic acids is 1. The fourth-order valence-electron chi connectivity index (χ4n) is 2.97. The van der Waals surface area contributed by atoms with E-state index in [1.165, 1.54) is 24.3 Å². The highest BCUT2D eigenvalue weighted by atomic mass is 32.2. The van der Waals surface area contributed by atoms with Crippen molar-refractivity contribution in [2.45, 2.75) is 29.5 Å². The van der Waals surface area contributed by atoms with Crippen molar-refractivity contribution in [3.8, 4) is 11.4 Å². The number of benzene rings is 2. The Bertz CT molecular complexity index is 1020.